The second kappa shape index (κ2) is 25.4. The lowest BCUT2D eigenvalue weighted by Crippen LogP contribution is -2.35. The van der Waals surface area contributed by atoms with Gasteiger partial charge < -0.3 is 23.2 Å². The standard InChI is InChI=1S/C103H74N6/c104-65-88-99(105-93-53-47-72(66-27-7-1-8-28-66)59-82(93)83-60-73(48-54-94(83)105)67-29-9-2-10-30-67)101(107-89-43-23-19-39-78(89)79-40-20-24-44-90(79)107)103(109-97-57-51-76(70-35-15-5-16-36-70)63-86(97)87-64-77(52-58-98(87)109)71-37-17-6-18-38-71)102(108-91-45-25-21-41-80(91)81-42-22-26-46-92(81)108)100(88)106-95-55-49-74(68-31-11-3-12-32-68)61-84(95)85-62-75(50-56-96(85)106)69-33-13-4-14-34-69/h1-3,5-13,15-19,21,23-39,41,43-61,63-64,75,80,91H,4,14,20,22,40,42,62H2. The zero-order valence-corrected chi connectivity index (χ0v) is 60.3. The summed E-state index contributed by atoms with van der Waals surface area (Å²) in [5, 5.41) is 20.8. The van der Waals surface area contributed by atoms with E-state index in [0.717, 1.165) is 195 Å². The number of fused-ring (bicyclic) bond motifs is 14. The van der Waals surface area contributed by atoms with Crippen molar-refractivity contribution in [2.45, 2.75) is 51.0 Å². The summed E-state index contributed by atoms with van der Waals surface area (Å²) in [5.41, 5.74) is 31.4. The average molecular weight is 1400 g/mol. The van der Waals surface area contributed by atoms with E-state index in [2.05, 4.69) is 375 Å². The molecule has 0 fully saturated rings. The summed E-state index contributed by atoms with van der Waals surface area (Å²) in [6.07, 6.45) is 37.6. The Balaban J connectivity index is 1.01. The lowest BCUT2D eigenvalue weighted by atomic mass is 9.84. The molecule has 0 saturated heterocycles. The van der Waals surface area contributed by atoms with Gasteiger partial charge in [-0.1, -0.05) is 261 Å². The maximum Gasteiger partial charge on any atom is 0.105 e. The minimum Gasteiger partial charge on any atom is -0.330 e. The molecule has 0 bridgehead atoms. The summed E-state index contributed by atoms with van der Waals surface area (Å²) in [7, 11) is 0. The number of hydrogen-bond acceptors (Lipinski definition) is 2. The quantitative estimate of drug-likeness (QED) is 0.130. The first-order chi connectivity index (χ1) is 54.1. The van der Waals surface area contributed by atoms with Crippen LogP contribution in [0.25, 0.3) is 156 Å². The van der Waals surface area contributed by atoms with Gasteiger partial charge in [-0.25, -0.2) is 0 Å². The zero-order valence-electron chi connectivity index (χ0n) is 60.3. The van der Waals surface area contributed by atoms with Gasteiger partial charge in [0.2, 0.25) is 0 Å². The molecule has 6 aliphatic rings. The molecule has 0 spiro atoms. The second-order valence-electron chi connectivity index (χ2n) is 30.1. The lowest BCUT2D eigenvalue weighted by molar-refractivity contribution is 0.657. The Morgan fingerprint density at radius 2 is 0.752 bits per heavy atom. The molecular weight excluding hydrogens is 1320 g/mol. The molecule has 5 heterocycles. The highest BCUT2D eigenvalue weighted by molar-refractivity contribution is 6.16. The molecule has 16 aromatic rings. The van der Waals surface area contributed by atoms with Crippen LogP contribution >= 0.6 is 0 Å². The number of allylic oxidation sites excluding steroid dienone is 10. The van der Waals surface area contributed by atoms with Gasteiger partial charge in [-0.2, -0.15) is 5.26 Å². The maximum atomic E-state index is 13.9. The fraction of sp³-hybridized carbons (Fsp3) is 0.0971. The van der Waals surface area contributed by atoms with Crippen molar-refractivity contribution in [2.75, 3.05) is 4.90 Å². The lowest BCUT2D eigenvalue weighted by Gasteiger charge is -2.37. The summed E-state index contributed by atoms with van der Waals surface area (Å²) in [5.74, 6) is 0.198. The first kappa shape index (κ1) is 62.9. The predicted octanol–water partition coefficient (Wildman–Crippen LogP) is 25.9. The Hall–Kier alpha value is -13.5. The third-order valence-electron chi connectivity index (χ3n) is 24.3. The van der Waals surface area contributed by atoms with Crippen LogP contribution in [0.1, 0.15) is 60.2 Å². The van der Waals surface area contributed by atoms with Gasteiger partial charge in [0.1, 0.15) is 11.6 Å². The fourth-order valence-corrected chi connectivity index (χ4v) is 19.4. The van der Waals surface area contributed by atoms with Gasteiger partial charge in [-0.05, 0) is 208 Å². The molecule has 6 heteroatoms. The van der Waals surface area contributed by atoms with Gasteiger partial charge >= 0.3 is 0 Å². The van der Waals surface area contributed by atoms with E-state index in [-0.39, 0.29) is 17.9 Å². The normalized spacial score (nSPS) is 17.0. The SMILES string of the molecule is N#Cc1c(-n2c3c(c4cc(-c5ccccc5)ccc42)CC(C2=CCCC=C2)C=C3)c(N2C3=C(CCC=C3)C3C=CC=CC32)c(-n2c3ccc(-c4ccccc4)cc3c3cc(-c4ccccc4)ccc32)c(-n2c3c(c4ccccc42)CCC=C3)c1-n1c2ccc(-c3ccccc3)cc2c2cc(-c3ccccc3)ccc21. The summed E-state index contributed by atoms with van der Waals surface area (Å²) in [4.78, 5) is 2.73. The number of nitriles is 1. The molecule has 516 valence electrons. The monoisotopic (exact) mass is 1390 g/mol. The fourth-order valence-electron chi connectivity index (χ4n) is 19.4. The van der Waals surface area contributed by atoms with E-state index in [1.165, 1.54) is 38.7 Å². The van der Waals surface area contributed by atoms with Gasteiger partial charge in [0.25, 0.3) is 0 Å². The van der Waals surface area contributed by atoms with Crippen LogP contribution in [0.3, 0.4) is 0 Å². The zero-order chi connectivity index (χ0) is 71.8. The van der Waals surface area contributed by atoms with E-state index < -0.39 is 0 Å². The molecule has 3 atom stereocenters. The smallest absolute Gasteiger partial charge is 0.105 e. The molecule has 6 nitrogen and oxygen atoms in total. The molecule has 0 saturated carbocycles. The number of para-hydroxylation sites is 1. The second-order valence-corrected chi connectivity index (χ2v) is 30.1. The molecular formula is C103H74N6. The Bertz CT molecular complexity index is 6610. The molecule has 0 N–H and O–H groups in total. The van der Waals surface area contributed by atoms with Crippen LogP contribution in [0.5, 0.6) is 0 Å². The molecule has 4 aromatic heterocycles. The van der Waals surface area contributed by atoms with Crippen LogP contribution in [0.2, 0.25) is 0 Å². The number of hydrogen-bond donors (Lipinski definition) is 0. The van der Waals surface area contributed by atoms with E-state index in [1.54, 1.807) is 0 Å². The Morgan fingerprint density at radius 3 is 1.28 bits per heavy atom. The number of rotatable bonds is 11. The first-order valence-electron chi connectivity index (χ1n) is 38.7. The highest BCUT2D eigenvalue weighted by atomic mass is 15.3. The predicted molar refractivity (Wildman–Crippen MR) is 454 cm³/mol. The van der Waals surface area contributed by atoms with E-state index in [0.29, 0.717) is 5.56 Å². The minimum absolute atomic E-state index is 0.0543. The molecule has 3 unspecified atom stereocenters. The van der Waals surface area contributed by atoms with Gasteiger partial charge in [-0.3, -0.25) is 0 Å². The van der Waals surface area contributed by atoms with Crippen LogP contribution in [0, 0.1) is 23.2 Å². The van der Waals surface area contributed by atoms with E-state index in [4.69, 9.17) is 0 Å². The molecule has 12 aromatic carbocycles. The van der Waals surface area contributed by atoms with Crippen molar-refractivity contribution in [2.24, 2.45) is 11.8 Å². The topological polar surface area (TPSA) is 46.8 Å². The Morgan fingerprint density at radius 1 is 0.321 bits per heavy atom. The van der Waals surface area contributed by atoms with Crippen LogP contribution in [-0.2, 0) is 12.8 Å². The van der Waals surface area contributed by atoms with Gasteiger partial charge in [0.05, 0.1) is 67.6 Å². The van der Waals surface area contributed by atoms with Crippen LogP contribution in [-0.4, -0.2) is 24.3 Å². The number of aromatic nitrogens is 4. The molecule has 0 radical (unpaired) electrons. The maximum absolute atomic E-state index is 13.9. The first-order valence-corrected chi connectivity index (χ1v) is 38.7. The minimum atomic E-state index is -0.175. The summed E-state index contributed by atoms with van der Waals surface area (Å²) in [6, 6.07) is 102. The van der Waals surface area contributed by atoms with Crippen molar-refractivity contribution in [1.82, 2.24) is 18.3 Å². The van der Waals surface area contributed by atoms with Crippen molar-refractivity contribution in [3.05, 3.63) is 379 Å². The molecule has 109 heavy (non-hydrogen) atoms. The molecule has 22 rings (SSSR count). The summed E-state index contributed by atoms with van der Waals surface area (Å²) in [6.45, 7) is 0. The summed E-state index contributed by atoms with van der Waals surface area (Å²) >= 11 is 0. The Labute approximate surface area is 633 Å². The Kier molecular flexibility index (Phi) is 14.6. The van der Waals surface area contributed by atoms with Gasteiger partial charge in [0.15, 0.2) is 0 Å². The van der Waals surface area contributed by atoms with Crippen molar-refractivity contribution in [3.63, 3.8) is 0 Å². The molecule has 5 aliphatic carbocycles. The van der Waals surface area contributed by atoms with Crippen molar-refractivity contribution in [3.8, 4) is 84.5 Å². The molecule has 0 amide bonds. The molecule has 1 aliphatic heterocycles. The van der Waals surface area contributed by atoms with E-state index in [9.17, 15) is 5.26 Å². The number of aryl methyl sites for hydroxylation is 1. The van der Waals surface area contributed by atoms with Crippen molar-refractivity contribution in [1.29, 1.82) is 5.26 Å². The van der Waals surface area contributed by atoms with Crippen LogP contribution < -0.4 is 4.90 Å². The largest absolute Gasteiger partial charge is 0.330 e. The van der Waals surface area contributed by atoms with E-state index >= 15 is 0 Å². The number of benzene rings is 12. The third kappa shape index (κ3) is 9.86. The van der Waals surface area contributed by atoms with Crippen LogP contribution in [0.4, 0.5) is 5.69 Å². The average Bonchev–Trinajstić information content (AvgIpc) is 1.53. The highest BCUT2D eigenvalue weighted by Gasteiger charge is 2.46. The van der Waals surface area contributed by atoms with Crippen LogP contribution in [0.15, 0.2) is 351 Å². The number of nitrogens with zero attached hydrogens (tertiary/aromatic N) is 6. The van der Waals surface area contributed by atoms with Gasteiger partial charge in [0, 0.05) is 61.2 Å². The van der Waals surface area contributed by atoms with Crippen molar-refractivity contribution < 1.29 is 0 Å². The number of anilines is 1. The summed E-state index contributed by atoms with van der Waals surface area (Å²) < 4.78 is 10.4. The van der Waals surface area contributed by atoms with Gasteiger partial charge in [-0.15, -0.1) is 0 Å². The van der Waals surface area contributed by atoms with Crippen molar-refractivity contribution >= 4 is 83.3 Å². The third-order valence-corrected chi connectivity index (χ3v) is 24.3. The highest BCUT2D eigenvalue weighted by Crippen LogP contribution is 2.57. The van der Waals surface area contributed by atoms with E-state index in [1.807, 2.05) is 0 Å².